The van der Waals surface area contributed by atoms with Crippen LogP contribution in [0.2, 0.25) is 19.6 Å². The van der Waals surface area contributed by atoms with Crippen molar-refractivity contribution in [1.29, 1.82) is 0 Å². The summed E-state index contributed by atoms with van der Waals surface area (Å²) in [5.74, 6) is 0.466. The van der Waals surface area contributed by atoms with Crippen molar-refractivity contribution in [2.45, 2.75) is 46.3 Å². The van der Waals surface area contributed by atoms with Gasteiger partial charge in [-0.05, 0) is 56.7 Å². The van der Waals surface area contributed by atoms with Gasteiger partial charge in [0.25, 0.3) is 0 Å². The van der Waals surface area contributed by atoms with Crippen molar-refractivity contribution < 1.29 is 28.6 Å². The van der Waals surface area contributed by atoms with Gasteiger partial charge in [-0.1, -0.05) is 154 Å². The van der Waals surface area contributed by atoms with Crippen molar-refractivity contribution in [2.24, 2.45) is 0 Å². The monoisotopic (exact) mass is 874 g/mol. The maximum absolute atomic E-state index is 7.84. The van der Waals surface area contributed by atoms with Crippen LogP contribution in [0.3, 0.4) is 0 Å². The molecule has 0 amide bonds. The molecule has 3 nitrogen and oxygen atoms in total. The van der Waals surface area contributed by atoms with Crippen molar-refractivity contribution in [3.05, 3.63) is 163 Å². The van der Waals surface area contributed by atoms with Crippen LogP contribution in [0.25, 0.3) is 66.7 Å². The van der Waals surface area contributed by atoms with Crippen LogP contribution in [0.5, 0.6) is 0 Å². The molecule has 8 aromatic rings. The minimum atomic E-state index is -2.19. The number of furan rings is 1. The average Bonchev–Trinajstić information content (AvgIpc) is 3.55. The Labute approximate surface area is 326 Å². The van der Waals surface area contributed by atoms with Crippen molar-refractivity contribution in [1.82, 2.24) is 9.97 Å². The van der Waals surface area contributed by atoms with E-state index in [1.807, 2.05) is 73.1 Å². The molecule has 0 bridgehead atoms. The molecule has 52 heavy (non-hydrogen) atoms. The molecule has 0 atom stereocenters. The first kappa shape index (κ1) is 32.9. The summed E-state index contributed by atoms with van der Waals surface area (Å²) >= 11 is 0. The summed E-state index contributed by atoms with van der Waals surface area (Å²) in [6.07, 6.45) is 3.81. The molecule has 3 aromatic heterocycles. The van der Waals surface area contributed by atoms with Gasteiger partial charge in [-0.3, -0.25) is 0 Å². The third kappa shape index (κ3) is 8.08. The van der Waals surface area contributed by atoms with E-state index in [-0.39, 0.29) is 20.1 Å². The second kappa shape index (κ2) is 15.8. The molecule has 3 heterocycles. The largest absolute Gasteiger partial charge is 0.476 e. The van der Waals surface area contributed by atoms with Gasteiger partial charge in [-0.2, -0.15) is 0 Å². The summed E-state index contributed by atoms with van der Waals surface area (Å²) in [6, 6.07) is 48.7. The summed E-state index contributed by atoms with van der Waals surface area (Å²) in [5, 5.41) is 3.49. The quantitative estimate of drug-likeness (QED) is 0.123. The molecule has 1 radical (unpaired) electrons. The second-order valence-corrected chi connectivity index (χ2v) is 19.2. The number of fused-ring (bicyclic) bond motifs is 3. The van der Waals surface area contributed by atoms with Crippen molar-refractivity contribution in [2.75, 3.05) is 0 Å². The Morgan fingerprint density at radius 1 is 0.654 bits per heavy atom. The SMILES string of the molecule is CC(C)c1ccnc(-c2[c-]cc3c(c2)oc2cc(-c4ccccc4)ccc23)c1.[2H]C([2H])([2H])c1c[c-]c(-c2ccc([Si](C)(C)C)cn2)cc1-c1ccccc1.[Ir]. The molecule has 0 aliphatic heterocycles. The number of hydrogen-bond acceptors (Lipinski definition) is 3. The van der Waals surface area contributed by atoms with E-state index in [2.05, 4.69) is 116 Å². The summed E-state index contributed by atoms with van der Waals surface area (Å²) in [5.41, 5.74) is 10.8. The number of benzene rings is 5. The minimum absolute atomic E-state index is 0. The normalized spacial score (nSPS) is 12.4. The predicted molar refractivity (Wildman–Crippen MR) is 217 cm³/mol. The third-order valence-electron chi connectivity index (χ3n) is 9.18. The van der Waals surface area contributed by atoms with Crippen LogP contribution >= 0.6 is 0 Å². The summed E-state index contributed by atoms with van der Waals surface area (Å²) in [7, 11) is -1.40. The van der Waals surface area contributed by atoms with Gasteiger partial charge in [0, 0.05) is 36.6 Å². The molecule has 0 aliphatic rings. The number of hydrogen-bond donors (Lipinski definition) is 0. The smallest absolute Gasteiger partial charge is 0.124 e. The van der Waals surface area contributed by atoms with E-state index in [0.29, 0.717) is 17.0 Å². The summed E-state index contributed by atoms with van der Waals surface area (Å²) in [4.78, 5) is 9.14. The van der Waals surface area contributed by atoms with E-state index in [0.717, 1.165) is 55.6 Å². The first-order valence-electron chi connectivity index (χ1n) is 18.8. The molecule has 0 saturated carbocycles. The topological polar surface area (TPSA) is 38.9 Å². The Bertz CT molecular complexity index is 2540. The maximum atomic E-state index is 7.84. The Morgan fingerprint density at radius 3 is 2.02 bits per heavy atom. The average molecular weight is 874 g/mol. The van der Waals surface area contributed by atoms with Gasteiger partial charge in [0.2, 0.25) is 0 Å². The van der Waals surface area contributed by atoms with E-state index >= 15 is 0 Å². The van der Waals surface area contributed by atoms with Crippen LogP contribution in [0.15, 0.2) is 144 Å². The summed E-state index contributed by atoms with van der Waals surface area (Å²) < 4.78 is 29.7. The van der Waals surface area contributed by atoms with Gasteiger partial charge in [-0.25, -0.2) is 0 Å². The van der Waals surface area contributed by atoms with Gasteiger partial charge in [0.15, 0.2) is 0 Å². The van der Waals surface area contributed by atoms with E-state index in [9.17, 15) is 0 Å². The zero-order valence-corrected chi connectivity index (χ0v) is 33.4. The fourth-order valence-corrected chi connectivity index (χ4v) is 7.15. The second-order valence-electron chi connectivity index (χ2n) is 14.2. The zero-order valence-electron chi connectivity index (χ0n) is 33.0. The standard InChI is InChI=1S/C26H20NO.C21H22NSi.Ir/c1-17(2)19-12-13-27-24(14-19)21-9-11-23-22-10-8-20(18-6-4-3-5-7-18)15-25(22)28-26(23)16-21;1-16-10-11-18(14-20(16)17-8-6-5-7-9-17)21-13-12-19(15-22-21)23(2,3)4;/h3-8,10-17H,1-2H3;5-10,12-15H,1-4H3;/q2*-1;/i;1D3;. The maximum Gasteiger partial charge on any atom is 0.124 e. The van der Waals surface area contributed by atoms with Gasteiger partial charge >= 0.3 is 0 Å². The van der Waals surface area contributed by atoms with Crippen molar-refractivity contribution in [3.8, 4) is 44.8 Å². The molecular weight excluding hydrogens is 829 g/mol. The Kier molecular flexibility index (Phi) is 9.98. The number of pyridine rings is 2. The molecule has 0 fully saturated rings. The van der Waals surface area contributed by atoms with Gasteiger partial charge in [0.05, 0.1) is 13.7 Å². The Balaban J connectivity index is 0.000000184. The molecule has 0 N–H and O–H groups in total. The van der Waals surface area contributed by atoms with Crippen LogP contribution < -0.4 is 5.19 Å². The molecule has 261 valence electrons. The van der Waals surface area contributed by atoms with Crippen LogP contribution in [0.1, 0.15) is 35.0 Å². The van der Waals surface area contributed by atoms with Crippen LogP contribution in [0, 0.1) is 19.0 Å². The fourth-order valence-electron chi connectivity index (χ4n) is 6.12. The molecule has 0 aliphatic carbocycles. The number of nitrogens with zero attached hydrogens (tertiary/aromatic N) is 2. The van der Waals surface area contributed by atoms with Gasteiger partial charge in [-0.15, -0.1) is 47.0 Å². The van der Waals surface area contributed by atoms with E-state index in [1.54, 1.807) is 6.07 Å². The zero-order chi connectivity index (χ0) is 38.0. The molecule has 0 saturated heterocycles. The first-order valence-corrected chi connectivity index (χ1v) is 20.8. The molecule has 5 heteroatoms. The van der Waals surface area contributed by atoms with Crippen LogP contribution in [-0.2, 0) is 20.1 Å². The molecule has 0 spiro atoms. The Morgan fingerprint density at radius 2 is 1.35 bits per heavy atom. The van der Waals surface area contributed by atoms with Crippen molar-refractivity contribution in [3.63, 3.8) is 0 Å². The molecule has 5 aromatic carbocycles. The van der Waals surface area contributed by atoms with Gasteiger partial charge in [0.1, 0.15) is 5.58 Å². The fraction of sp³-hybridized carbons (Fsp3) is 0.149. The van der Waals surface area contributed by atoms with E-state index in [4.69, 9.17) is 8.53 Å². The van der Waals surface area contributed by atoms with Crippen molar-refractivity contribution >= 4 is 35.2 Å². The van der Waals surface area contributed by atoms with Crippen LogP contribution in [-0.4, -0.2) is 18.0 Å². The number of aryl methyl sites for hydroxylation is 1. The van der Waals surface area contributed by atoms with E-state index in [1.165, 1.54) is 16.3 Å². The Hall–Kier alpha value is -4.93. The number of aromatic nitrogens is 2. The molecule has 8 rings (SSSR count). The number of rotatable bonds is 6. The first-order chi connectivity index (χ1) is 25.8. The summed E-state index contributed by atoms with van der Waals surface area (Å²) in [6.45, 7) is 9.05. The van der Waals surface area contributed by atoms with Gasteiger partial charge < -0.3 is 14.4 Å². The minimum Gasteiger partial charge on any atom is -0.476 e. The molecular formula is C47H42IrN2OSi-2. The predicted octanol–water partition coefficient (Wildman–Crippen LogP) is 12.3. The third-order valence-corrected chi connectivity index (χ3v) is 11.2. The molecule has 0 unspecified atom stereocenters. The van der Waals surface area contributed by atoms with E-state index < -0.39 is 14.9 Å². The van der Waals surface area contributed by atoms with Crippen LogP contribution in [0.4, 0.5) is 0 Å².